The fourth-order valence-electron chi connectivity index (χ4n) is 3.61. The average molecular weight is 420 g/mol. The molecule has 152 valence electrons. The van der Waals surface area contributed by atoms with E-state index in [9.17, 15) is 18.3 Å². The fourth-order valence-corrected chi connectivity index (χ4v) is 4.61. The minimum atomic E-state index is -4.18. The predicted molar refractivity (Wildman–Crippen MR) is 111 cm³/mol. The van der Waals surface area contributed by atoms with E-state index in [-0.39, 0.29) is 22.1 Å². The van der Waals surface area contributed by atoms with Gasteiger partial charge < -0.3 is 5.11 Å². The second-order valence-corrected chi connectivity index (χ2v) is 9.02. The third-order valence-electron chi connectivity index (χ3n) is 5.17. The summed E-state index contributed by atoms with van der Waals surface area (Å²) >= 11 is 0. The Balaban J connectivity index is 1.95. The number of hydrogen-bond acceptors (Lipinski definition) is 4. The van der Waals surface area contributed by atoms with E-state index < -0.39 is 27.6 Å². The van der Waals surface area contributed by atoms with Crippen molar-refractivity contribution in [3.05, 3.63) is 90.0 Å². The lowest BCUT2D eigenvalue weighted by Crippen LogP contribution is -2.49. The van der Waals surface area contributed by atoms with Crippen LogP contribution in [0.15, 0.2) is 88.1 Å². The number of carbonyl (C=O) groups is 1. The highest BCUT2D eigenvalue weighted by molar-refractivity contribution is 7.90. The molecule has 7 heteroatoms. The molecule has 2 aliphatic rings. The van der Waals surface area contributed by atoms with Crippen LogP contribution in [0.3, 0.4) is 0 Å². The van der Waals surface area contributed by atoms with E-state index >= 15 is 0 Å². The standard InChI is InChI=1S/C23H20N2O4S/c1-15-9-11-17(12-10-15)30(28,29)24-20-21(25-13-5-6-16(2)14-25)23(27)19-8-4-3-7-18(19)22(20)26/h3-14,18-19H,1-2H3. The van der Waals surface area contributed by atoms with Crippen molar-refractivity contribution in [2.45, 2.75) is 18.7 Å². The molecule has 0 saturated heterocycles. The van der Waals surface area contributed by atoms with Crippen LogP contribution in [0.4, 0.5) is 0 Å². The highest BCUT2D eigenvalue weighted by Gasteiger charge is 2.42. The molecule has 1 aromatic carbocycles. The number of pyridine rings is 1. The molecular weight excluding hydrogens is 400 g/mol. The molecule has 0 spiro atoms. The van der Waals surface area contributed by atoms with E-state index in [1.54, 1.807) is 54.9 Å². The number of nitrogens with zero attached hydrogens (tertiary/aromatic N) is 2. The van der Waals surface area contributed by atoms with Crippen LogP contribution in [0.5, 0.6) is 0 Å². The maximum atomic E-state index is 13.3. The maximum absolute atomic E-state index is 13.3. The summed E-state index contributed by atoms with van der Waals surface area (Å²) in [7, 11) is -4.18. The van der Waals surface area contributed by atoms with Gasteiger partial charge in [-0.25, -0.2) is 0 Å². The van der Waals surface area contributed by atoms with Crippen LogP contribution < -0.4 is 9.67 Å². The van der Waals surface area contributed by atoms with Crippen molar-refractivity contribution in [3.8, 4) is 0 Å². The van der Waals surface area contributed by atoms with Crippen molar-refractivity contribution >= 4 is 27.2 Å². The van der Waals surface area contributed by atoms with Gasteiger partial charge in [0.25, 0.3) is 10.0 Å². The van der Waals surface area contributed by atoms with E-state index in [2.05, 4.69) is 4.40 Å². The summed E-state index contributed by atoms with van der Waals surface area (Å²) < 4.78 is 31.3. The van der Waals surface area contributed by atoms with Gasteiger partial charge in [0, 0.05) is 17.5 Å². The van der Waals surface area contributed by atoms with Crippen LogP contribution in [0.2, 0.25) is 0 Å². The van der Waals surface area contributed by atoms with Crippen molar-refractivity contribution in [1.29, 1.82) is 0 Å². The number of aromatic nitrogens is 1. The Morgan fingerprint density at radius 1 is 0.967 bits per heavy atom. The van der Waals surface area contributed by atoms with Crippen LogP contribution >= 0.6 is 0 Å². The molecule has 0 N–H and O–H groups in total. The Kier molecular flexibility index (Phi) is 4.99. The van der Waals surface area contributed by atoms with Gasteiger partial charge in [0.05, 0.1) is 10.8 Å². The number of benzene rings is 1. The zero-order chi connectivity index (χ0) is 21.5. The number of ketones is 1. The zero-order valence-electron chi connectivity index (χ0n) is 16.5. The third-order valence-corrected chi connectivity index (χ3v) is 6.46. The summed E-state index contributed by atoms with van der Waals surface area (Å²) in [6, 6.07) is 9.77. The Bertz CT molecular complexity index is 1250. The summed E-state index contributed by atoms with van der Waals surface area (Å²) in [6.07, 6.45) is 9.99. The molecule has 0 radical (unpaired) electrons. The molecule has 2 aromatic rings. The lowest BCUT2D eigenvalue weighted by Gasteiger charge is -2.33. The molecule has 0 fully saturated rings. The van der Waals surface area contributed by atoms with Crippen molar-refractivity contribution in [1.82, 2.24) is 0 Å². The number of Topliss-reactive ketones (excluding diaryl/α,β-unsaturated/α-hetero) is 1. The fraction of sp³-hybridized carbons (Fsp3) is 0.174. The summed E-state index contributed by atoms with van der Waals surface area (Å²) in [5.41, 5.74) is 1.39. The van der Waals surface area contributed by atoms with E-state index in [0.29, 0.717) is 0 Å². The first kappa shape index (κ1) is 20.0. The van der Waals surface area contributed by atoms with Crippen LogP contribution in [0, 0.1) is 25.7 Å². The molecule has 2 unspecified atom stereocenters. The summed E-state index contributed by atoms with van der Waals surface area (Å²) in [6.45, 7) is 3.69. The molecule has 1 aromatic heterocycles. The molecular formula is C23H20N2O4S. The van der Waals surface area contributed by atoms with Gasteiger partial charge in [-0.15, -0.1) is 4.40 Å². The molecule has 0 bridgehead atoms. The van der Waals surface area contributed by atoms with Gasteiger partial charge in [0.15, 0.2) is 23.9 Å². The first-order chi connectivity index (χ1) is 14.3. The first-order valence-electron chi connectivity index (χ1n) is 9.48. The smallest absolute Gasteiger partial charge is 0.283 e. The van der Waals surface area contributed by atoms with E-state index in [0.717, 1.165) is 11.1 Å². The lowest BCUT2D eigenvalue weighted by atomic mass is 9.77. The SMILES string of the molecule is Cc1ccc(S(=O)(=O)/N=C2\C(=O)C3C=CC=CC3C([O-])=C2[n+]2cccc(C)c2)cc1. The van der Waals surface area contributed by atoms with Crippen LogP contribution in [-0.4, -0.2) is 19.9 Å². The van der Waals surface area contributed by atoms with Crippen LogP contribution in [0.1, 0.15) is 11.1 Å². The third kappa shape index (κ3) is 3.52. The predicted octanol–water partition coefficient (Wildman–Crippen LogP) is 1.89. The number of aryl methyl sites for hydroxylation is 2. The summed E-state index contributed by atoms with van der Waals surface area (Å²) in [4.78, 5) is 13.2. The van der Waals surface area contributed by atoms with Gasteiger partial charge >= 0.3 is 0 Å². The largest absolute Gasteiger partial charge is 0.871 e. The van der Waals surface area contributed by atoms with E-state index in [4.69, 9.17) is 0 Å². The minimum absolute atomic E-state index is 0.0272. The molecule has 1 heterocycles. The topological polar surface area (TPSA) is 90.5 Å². The number of fused-ring (bicyclic) bond motifs is 1. The highest BCUT2D eigenvalue weighted by atomic mass is 32.2. The highest BCUT2D eigenvalue weighted by Crippen LogP contribution is 2.33. The van der Waals surface area contributed by atoms with Crippen LogP contribution in [0.25, 0.3) is 5.70 Å². The molecule has 2 atom stereocenters. The normalized spacial score (nSPS) is 22.5. The minimum Gasteiger partial charge on any atom is -0.871 e. The number of carbonyl (C=O) groups excluding carboxylic acids is 1. The summed E-state index contributed by atoms with van der Waals surface area (Å²) in [5.74, 6) is -2.26. The number of rotatable bonds is 3. The second kappa shape index (κ2) is 7.50. The Hall–Kier alpha value is -3.32. The summed E-state index contributed by atoms with van der Waals surface area (Å²) in [5, 5.41) is 13.3. The van der Waals surface area contributed by atoms with E-state index in [1.807, 2.05) is 19.9 Å². The molecule has 30 heavy (non-hydrogen) atoms. The monoisotopic (exact) mass is 420 g/mol. The molecule has 4 rings (SSSR count). The zero-order valence-corrected chi connectivity index (χ0v) is 17.3. The van der Waals surface area contributed by atoms with Gasteiger partial charge in [-0.05, 0) is 37.8 Å². The van der Waals surface area contributed by atoms with Gasteiger partial charge in [-0.2, -0.15) is 13.0 Å². The Labute approximate surface area is 175 Å². The van der Waals surface area contributed by atoms with Crippen molar-refractivity contribution in [2.75, 3.05) is 0 Å². The van der Waals surface area contributed by atoms with Crippen molar-refractivity contribution in [2.24, 2.45) is 16.2 Å². The Morgan fingerprint density at radius 3 is 2.30 bits per heavy atom. The number of hydrogen-bond donors (Lipinski definition) is 0. The Morgan fingerprint density at radius 2 is 1.63 bits per heavy atom. The van der Waals surface area contributed by atoms with Crippen molar-refractivity contribution in [3.63, 3.8) is 0 Å². The van der Waals surface area contributed by atoms with E-state index in [1.165, 1.54) is 16.7 Å². The molecule has 0 amide bonds. The van der Waals surface area contributed by atoms with Crippen molar-refractivity contribution < 1.29 is 22.9 Å². The average Bonchev–Trinajstić information content (AvgIpc) is 2.72. The molecule has 0 saturated carbocycles. The second-order valence-electron chi connectivity index (χ2n) is 7.42. The molecule has 0 aliphatic heterocycles. The van der Waals surface area contributed by atoms with Gasteiger partial charge in [-0.3, -0.25) is 4.79 Å². The van der Waals surface area contributed by atoms with Gasteiger partial charge in [0.2, 0.25) is 5.70 Å². The quantitative estimate of drug-likeness (QED) is 0.709. The van der Waals surface area contributed by atoms with Gasteiger partial charge in [0.1, 0.15) is 0 Å². The molecule has 6 nitrogen and oxygen atoms in total. The number of sulfonamides is 1. The molecule has 2 aliphatic carbocycles. The van der Waals surface area contributed by atoms with Gasteiger partial charge in [-0.1, -0.05) is 42.0 Å². The first-order valence-corrected chi connectivity index (χ1v) is 10.9. The number of allylic oxidation sites excluding steroid dienone is 5. The lowest BCUT2D eigenvalue weighted by molar-refractivity contribution is -0.582. The van der Waals surface area contributed by atoms with Crippen LogP contribution in [-0.2, 0) is 14.8 Å². The maximum Gasteiger partial charge on any atom is 0.283 e.